The minimum atomic E-state index is -5.64. The fourth-order valence-corrected chi connectivity index (χ4v) is 4.55. The van der Waals surface area contributed by atoms with Gasteiger partial charge >= 0.3 is 13.3 Å². The highest BCUT2D eigenvalue weighted by Crippen LogP contribution is 2.62. The topological polar surface area (TPSA) is 57.5 Å². The highest BCUT2D eigenvalue weighted by molar-refractivity contribution is 9.10. The third-order valence-electron chi connectivity index (χ3n) is 3.99. The van der Waals surface area contributed by atoms with Crippen LogP contribution >= 0.6 is 23.5 Å². The van der Waals surface area contributed by atoms with Gasteiger partial charge in [-0.3, -0.25) is 4.57 Å². The molecule has 0 spiro atoms. The standard InChI is InChI=1S/C16H18BrF2O3P/c1-4-10-13-8-9(3)6-7-12(13)11(5-2)15(17)14(10)16(18,19)23(20,21)22/h6-8H,4-5H2,1-3H3,(H2,20,21,22). The zero-order valence-corrected chi connectivity index (χ0v) is 15.5. The molecule has 126 valence electrons. The number of rotatable bonds is 4. The van der Waals surface area contributed by atoms with Crippen LogP contribution in [0.25, 0.3) is 10.8 Å². The molecule has 0 amide bonds. The SMILES string of the molecule is CCc1c(Br)c(C(F)(F)P(=O)(O)O)c(CC)c2cc(C)ccc12. The zero-order valence-electron chi connectivity index (χ0n) is 13.0. The minimum absolute atomic E-state index is 0.0847. The number of hydrogen-bond acceptors (Lipinski definition) is 1. The highest BCUT2D eigenvalue weighted by atomic mass is 79.9. The van der Waals surface area contributed by atoms with E-state index in [-0.39, 0.29) is 16.5 Å². The Balaban J connectivity index is 3.06. The summed E-state index contributed by atoms with van der Waals surface area (Å²) in [7, 11) is -5.64. The van der Waals surface area contributed by atoms with Crippen molar-refractivity contribution in [1.29, 1.82) is 0 Å². The van der Waals surface area contributed by atoms with Gasteiger partial charge < -0.3 is 9.79 Å². The van der Waals surface area contributed by atoms with Crippen LogP contribution in [0.2, 0.25) is 0 Å². The molecule has 2 aromatic rings. The molecule has 23 heavy (non-hydrogen) atoms. The molecule has 0 fully saturated rings. The van der Waals surface area contributed by atoms with Crippen molar-refractivity contribution in [3.8, 4) is 0 Å². The van der Waals surface area contributed by atoms with E-state index in [0.29, 0.717) is 17.4 Å². The van der Waals surface area contributed by atoms with Crippen LogP contribution in [0.3, 0.4) is 0 Å². The summed E-state index contributed by atoms with van der Waals surface area (Å²) in [5.41, 5.74) is -3.04. The Hall–Kier alpha value is -0.810. The molecular formula is C16H18BrF2O3P. The van der Waals surface area contributed by atoms with Gasteiger partial charge in [-0.2, -0.15) is 8.78 Å². The summed E-state index contributed by atoms with van der Waals surface area (Å²) in [4.78, 5) is 18.3. The number of fused-ring (bicyclic) bond motifs is 1. The molecular weight excluding hydrogens is 389 g/mol. The van der Waals surface area contributed by atoms with Gasteiger partial charge in [0.15, 0.2) is 0 Å². The first-order chi connectivity index (χ1) is 10.6. The number of aryl methyl sites for hydroxylation is 3. The van der Waals surface area contributed by atoms with Gasteiger partial charge in [-0.05, 0) is 57.6 Å². The lowest BCUT2D eigenvalue weighted by Crippen LogP contribution is -2.18. The lowest BCUT2D eigenvalue weighted by atomic mass is 9.91. The molecule has 2 N–H and O–H groups in total. The van der Waals surface area contributed by atoms with E-state index in [9.17, 15) is 23.1 Å². The Morgan fingerprint density at radius 2 is 1.70 bits per heavy atom. The van der Waals surface area contributed by atoms with Crippen molar-refractivity contribution in [3.05, 3.63) is 44.9 Å². The summed E-state index contributed by atoms with van der Waals surface area (Å²) in [6.07, 6.45) is 0.710. The van der Waals surface area contributed by atoms with Crippen LogP contribution < -0.4 is 0 Å². The number of hydrogen-bond donors (Lipinski definition) is 2. The molecule has 0 saturated carbocycles. The van der Waals surface area contributed by atoms with Gasteiger partial charge in [-0.1, -0.05) is 37.6 Å². The van der Waals surface area contributed by atoms with Crippen molar-refractivity contribution in [1.82, 2.24) is 0 Å². The average Bonchev–Trinajstić information content (AvgIpc) is 2.44. The van der Waals surface area contributed by atoms with Crippen LogP contribution in [-0.2, 0) is 23.1 Å². The van der Waals surface area contributed by atoms with Gasteiger partial charge in [0.25, 0.3) is 0 Å². The third-order valence-corrected chi connectivity index (χ3v) is 5.82. The Morgan fingerprint density at radius 1 is 1.13 bits per heavy atom. The molecule has 0 bridgehead atoms. The molecule has 7 heteroatoms. The van der Waals surface area contributed by atoms with Gasteiger partial charge in [-0.15, -0.1) is 0 Å². The van der Waals surface area contributed by atoms with Gasteiger partial charge in [-0.25, -0.2) is 0 Å². The molecule has 0 aliphatic heterocycles. The molecule has 0 aliphatic carbocycles. The lowest BCUT2D eigenvalue weighted by Gasteiger charge is -2.25. The predicted octanol–water partition coefficient (Wildman–Crippen LogP) is 5.26. The van der Waals surface area contributed by atoms with E-state index in [4.69, 9.17) is 0 Å². The Bertz CT molecular complexity index is 815. The van der Waals surface area contributed by atoms with Crippen LogP contribution in [0.4, 0.5) is 8.78 Å². The molecule has 3 nitrogen and oxygen atoms in total. The Morgan fingerprint density at radius 3 is 2.17 bits per heavy atom. The average molecular weight is 407 g/mol. The first kappa shape index (κ1) is 18.5. The number of alkyl halides is 2. The molecule has 0 saturated heterocycles. The summed E-state index contributed by atoms with van der Waals surface area (Å²) in [5, 5.41) is 1.45. The van der Waals surface area contributed by atoms with Crippen molar-refractivity contribution >= 4 is 34.3 Å². The van der Waals surface area contributed by atoms with Crippen LogP contribution in [-0.4, -0.2) is 9.79 Å². The Labute approximate surface area is 142 Å². The molecule has 0 heterocycles. The zero-order chi connectivity index (χ0) is 17.6. The van der Waals surface area contributed by atoms with Gasteiger partial charge in [0.05, 0.1) is 5.56 Å². The van der Waals surface area contributed by atoms with E-state index in [0.717, 1.165) is 10.9 Å². The van der Waals surface area contributed by atoms with Gasteiger partial charge in [0.1, 0.15) is 0 Å². The smallest absolute Gasteiger partial charge is 0.320 e. The van der Waals surface area contributed by atoms with E-state index >= 15 is 0 Å². The van der Waals surface area contributed by atoms with E-state index < -0.39 is 18.8 Å². The number of halogens is 3. The second kappa shape index (κ2) is 6.25. The molecule has 0 unspecified atom stereocenters. The lowest BCUT2D eigenvalue weighted by molar-refractivity contribution is 0.0549. The third kappa shape index (κ3) is 2.98. The molecule has 2 aromatic carbocycles. The van der Waals surface area contributed by atoms with Crippen LogP contribution in [0.5, 0.6) is 0 Å². The monoisotopic (exact) mass is 406 g/mol. The molecule has 0 atom stereocenters. The Kier molecular flexibility index (Phi) is 5.03. The van der Waals surface area contributed by atoms with Crippen molar-refractivity contribution < 1.29 is 23.1 Å². The summed E-state index contributed by atoms with van der Waals surface area (Å²) in [6, 6.07) is 5.56. The van der Waals surface area contributed by atoms with Crippen LogP contribution in [0, 0.1) is 6.92 Å². The first-order valence-electron chi connectivity index (χ1n) is 7.23. The fourth-order valence-electron chi connectivity index (χ4n) is 2.88. The summed E-state index contributed by atoms with van der Waals surface area (Å²) in [5.74, 6) is 0. The van der Waals surface area contributed by atoms with E-state index in [1.54, 1.807) is 13.0 Å². The normalized spacial score (nSPS) is 12.9. The van der Waals surface area contributed by atoms with Gasteiger partial charge in [0.2, 0.25) is 0 Å². The summed E-state index contributed by atoms with van der Waals surface area (Å²) >= 11 is 3.18. The summed E-state index contributed by atoms with van der Waals surface area (Å²) in [6.45, 7) is 5.38. The van der Waals surface area contributed by atoms with E-state index in [1.807, 2.05) is 26.0 Å². The molecule has 0 aromatic heterocycles. The second-order valence-electron chi connectivity index (χ2n) is 5.49. The maximum atomic E-state index is 14.5. The second-order valence-corrected chi connectivity index (χ2v) is 7.93. The summed E-state index contributed by atoms with van der Waals surface area (Å²) < 4.78 is 40.5. The quantitative estimate of drug-likeness (QED) is 0.680. The minimum Gasteiger partial charge on any atom is -0.320 e. The first-order valence-corrected chi connectivity index (χ1v) is 9.64. The predicted molar refractivity (Wildman–Crippen MR) is 91.1 cm³/mol. The van der Waals surface area contributed by atoms with Crippen LogP contribution in [0.15, 0.2) is 22.7 Å². The fraction of sp³-hybridized carbons (Fsp3) is 0.375. The van der Waals surface area contributed by atoms with Crippen molar-refractivity contribution in [2.24, 2.45) is 0 Å². The van der Waals surface area contributed by atoms with Crippen LogP contribution in [0.1, 0.15) is 36.1 Å². The molecule has 0 radical (unpaired) electrons. The molecule has 0 aliphatic rings. The highest BCUT2D eigenvalue weighted by Gasteiger charge is 2.53. The van der Waals surface area contributed by atoms with Crippen molar-refractivity contribution in [3.63, 3.8) is 0 Å². The van der Waals surface area contributed by atoms with E-state index in [1.165, 1.54) is 0 Å². The van der Waals surface area contributed by atoms with Crippen molar-refractivity contribution in [2.75, 3.05) is 0 Å². The maximum absolute atomic E-state index is 14.5. The van der Waals surface area contributed by atoms with E-state index in [2.05, 4.69) is 15.9 Å². The number of benzene rings is 2. The largest absolute Gasteiger partial charge is 0.399 e. The molecule has 2 rings (SSSR count). The van der Waals surface area contributed by atoms with Gasteiger partial charge in [0, 0.05) is 4.47 Å². The maximum Gasteiger partial charge on any atom is 0.399 e. The van der Waals surface area contributed by atoms with Crippen molar-refractivity contribution in [2.45, 2.75) is 39.3 Å².